The van der Waals surface area contributed by atoms with Crippen LogP contribution < -0.4 is 5.32 Å². The van der Waals surface area contributed by atoms with E-state index in [1.807, 2.05) is 31.2 Å². The molecule has 0 radical (unpaired) electrons. The number of rotatable bonds is 9. The minimum atomic E-state index is -0.247. The van der Waals surface area contributed by atoms with Crippen LogP contribution in [0.1, 0.15) is 51.0 Å². The van der Waals surface area contributed by atoms with Crippen molar-refractivity contribution in [2.75, 3.05) is 12.4 Å². The molecule has 0 bridgehead atoms. The van der Waals surface area contributed by atoms with Crippen molar-refractivity contribution in [3.63, 3.8) is 0 Å². The molecule has 0 heterocycles. The van der Waals surface area contributed by atoms with Crippen LogP contribution in [0, 0.1) is 6.92 Å². The van der Waals surface area contributed by atoms with Crippen molar-refractivity contribution < 1.29 is 9.53 Å². The van der Waals surface area contributed by atoms with Crippen molar-refractivity contribution >= 4 is 11.7 Å². The zero-order chi connectivity index (χ0) is 14.8. The second-order valence-corrected chi connectivity index (χ2v) is 5.29. The summed E-state index contributed by atoms with van der Waals surface area (Å²) in [4.78, 5) is 11.8. The summed E-state index contributed by atoms with van der Waals surface area (Å²) in [5.41, 5.74) is 2.16. The van der Waals surface area contributed by atoms with E-state index >= 15 is 0 Å². The summed E-state index contributed by atoms with van der Waals surface area (Å²) in [6, 6.07) is 7.83. The van der Waals surface area contributed by atoms with Crippen molar-refractivity contribution in [3.05, 3.63) is 29.8 Å². The molecule has 112 valence electrons. The molecule has 20 heavy (non-hydrogen) atoms. The summed E-state index contributed by atoms with van der Waals surface area (Å²) in [7, 11) is 1.45. The Bertz CT molecular complexity index is 404. The van der Waals surface area contributed by atoms with E-state index in [0.29, 0.717) is 0 Å². The zero-order valence-electron chi connectivity index (χ0n) is 12.9. The number of hydrogen-bond acceptors (Lipinski definition) is 3. The van der Waals surface area contributed by atoms with E-state index in [0.717, 1.165) is 18.5 Å². The molecule has 1 unspecified atom stereocenters. The topological polar surface area (TPSA) is 38.3 Å². The molecule has 0 aliphatic heterocycles. The van der Waals surface area contributed by atoms with Crippen LogP contribution in [0.5, 0.6) is 0 Å². The molecule has 0 saturated heterocycles. The number of carbonyl (C=O) groups excluding carboxylic acids is 1. The van der Waals surface area contributed by atoms with Crippen molar-refractivity contribution in [1.82, 2.24) is 0 Å². The van der Waals surface area contributed by atoms with Gasteiger partial charge in [0.05, 0.1) is 7.11 Å². The second-order valence-electron chi connectivity index (χ2n) is 5.29. The molecule has 0 aliphatic carbocycles. The second kappa shape index (κ2) is 9.40. The highest BCUT2D eigenvalue weighted by atomic mass is 16.5. The minimum absolute atomic E-state index is 0.179. The lowest BCUT2D eigenvalue weighted by Crippen LogP contribution is -2.30. The third kappa shape index (κ3) is 6.09. The molecule has 1 N–H and O–H groups in total. The number of esters is 1. The Morgan fingerprint density at radius 2 is 2.00 bits per heavy atom. The van der Waals surface area contributed by atoms with Crippen LogP contribution in [0.3, 0.4) is 0 Å². The maximum atomic E-state index is 11.8. The van der Waals surface area contributed by atoms with Gasteiger partial charge in [0.25, 0.3) is 0 Å². The van der Waals surface area contributed by atoms with Gasteiger partial charge in [-0.25, -0.2) is 4.79 Å². The molecule has 0 amide bonds. The summed E-state index contributed by atoms with van der Waals surface area (Å²) in [6.07, 6.45) is 6.81. The Morgan fingerprint density at radius 3 is 2.65 bits per heavy atom. The fraction of sp³-hybridized carbons (Fsp3) is 0.588. The molecule has 3 nitrogen and oxygen atoms in total. The maximum absolute atomic E-state index is 11.8. The third-order valence-corrected chi connectivity index (χ3v) is 3.44. The van der Waals surface area contributed by atoms with Crippen molar-refractivity contribution in [1.29, 1.82) is 0 Å². The van der Waals surface area contributed by atoms with Crippen LogP contribution in [0.15, 0.2) is 24.3 Å². The monoisotopic (exact) mass is 277 g/mol. The maximum Gasteiger partial charge on any atom is 0.328 e. The number of hydrogen-bond donors (Lipinski definition) is 1. The fourth-order valence-electron chi connectivity index (χ4n) is 2.28. The first-order valence-electron chi connectivity index (χ1n) is 7.58. The van der Waals surface area contributed by atoms with Crippen molar-refractivity contribution in [2.45, 2.75) is 58.4 Å². The van der Waals surface area contributed by atoms with E-state index in [2.05, 4.69) is 12.2 Å². The summed E-state index contributed by atoms with van der Waals surface area (Å²) in [5, 5.41) is 3.29. The van der Waals surface area contributed by atoms with E-state index in [1.165, 1.54) is 38.4 Å². The van der Waals surface area contributed by atoms with Crippen LogP contribution in [-0.4, -0.2) is 19.1 Å². The molecule has 0 fully saturated rings. The molecule has 0 aromatic heterocycles. The quantitative estimate of drug-likeness (QED) is 0.540. The van der Waals surface area contributed by atoms with Gasteiger partial charge >= 0.3 is 5.97 Å². The predicted molar refractivity (Wildman–Crippen MR) is 84.0 cm³/mol. The van der Waals surface area contributed by atoms with Crippen molar-refractivity contribution in [2.24, 2.45) is 0 Å². The van der Waals surface area contributed by atoms with Gasteiger partial charge in [0.2, 0.25) is 0 Å². The zero-order valence-corrected chi connectivity index (χ0v) is 12.9. The van der Waals surface area contributed by atoms with Gasteiger partial charge in [-0.2, -0.15) is 0 Å². The van der Waals surface area contributed by atoms with Crippen LogP contribution in [0.2, 0.25) is 0 Å². The molecular weight excluding hydrogens is 250 g/mol. The van der Waals surface area contributed by atoms with Crippen LogP contribution >= 0.6 is 0 Å². The number of unbranched alkanes of at least 4 members (excludes halogenated alkanes) is 4. The van der Waals surface area contributed by atoms with E-state index in [4.69, 9.17) is 4.74 Å². The lowest BCUT2D eigenvalue weighted by atomic mass is 10.1. The molecule has 0 saturated carbocycles. The molecule has 0 aliphatic rings. The molecule has 1 aromatic carbocycles. The normalized spacial score (nSPS) is 11.9. The first kappa shape index (κ1) is 16.5. The predicted octanol–water partition coefficient (Wildman–Crippen LogP) is 4.31. The number of nitrogens with one attached hydrogen (secondary N) is 1. The number of carbonyl (C=O) groups is 1. The van der Waals surface area contributed by atoms with Gasteiger partial charge in [-0.3, -0.25) is 0 Å². The summed E-state index contributed by atoms with van der Waals surface area (Å²) in [5.74, 6) is -0.179. The van der Waals surface area contributed by atoms with E-state index in [-0.39, 0.29) is 12.0 Å². The molecular formula is C17H27NO2. The van der Waals surface area contributed by atoms with Gasteiger partial charge in [0.15, 0.2) is 0 Å². The number of methoxy groups -OCH3 is 1. The van der Waals surface area contributed by atoms with Gasteiger partial charge in [-0.05, 0) is 31.0 Å². The van der Waals surface area contributed by atoms with Gasteiger partial charge in [-0.15, -0.1) is 0 Å². The average molecular weight is 277 g/mol. The Balaban J connectivity index is 2.49. The van der Waals surface area contributed by atoms with E-state index in [9.17, 15) is 4.79 Å². The third-order valence-electron chi connectivity index (χ3n) is 3.44. The highest BCUT2D eigenvalue weighted by Crippen LogP contribution is 2.15. The number of benzene rings is 1. The molecule has 0 spiro atoms. The minimum Gasteiger partial charge on any atom is -0.467 e. The van der Waals surface area contributed by atoms with Crippen LogP contribution in [0.4, 0.5) is 5.69 Å². The Hall–Kier alpha value is -1.51. The van der Waals surface area contributed by atoms with E-state index in [1.54, 1.807) is 0 Å². The van der Waals surface area contributed by atoms with Gasteiger partial charge < -0.3 is 10.1 Å². The standard InChI is InChI=1S/C17H27NO2/c1-4-5-6-7-8-12-16(17(19)20-3)18-15-11-9-10-14(2)13-15/h9-11,13,16,18H,4-8,12H2,1-3H3. The highest BCUT2D eigenvalue weighted by molar-refractivity contribution is 5.79. The van der Waals surface area contributed by atoms with E-state index < -0.39 is 0 Å². The average Bonchev–Trinajstić information content (AvgIpc) is 2.45. The molecule has 1 atom stereocenters. The number of aryl methyl sites for hydroxylation is 1. The lowest BCUT2D eigenvalue weighted by Gasteiger charge is -2.18. The highest BCUT2D eigenvalue weighted by Gasteiger charge is 2.18. The van der Waals surface area contributed by atoms with Gasteiger partial charge in [0.1, 0.15) is 6.04 Å². The summed E-state index contributed by atoms with van der Waals surface area (Å²) >= 11 is 0. The molecule has 1 aromatic rings. The van der Waals surface area contributed by atoms with Crippen LogP contribution in [-0.2, 0) is 9.53 Å². The summed E-state index contributed by atoms with van der Waals surface area (Å²) in [6.45, 7) is 4.25. The lowest BCUT2D eigenvalue weighted by molar-refractivity contribution is -0.141. The van der Waals surface area contributed by atoms with Crippen molar-refractivity contribution in [3.8, 4) is 0 Å². The number of anilines is 1. The first-order valence-corrected chi connectivity index (χ1v) is 7.58. The first-order chi connectivity index (χ1) is 9.67. The molecule has 1 rings (SSSR count). The molecule has 3 heteroatoms. The number of ether oxygens (including phenoxy) is 1. The Morgan fingerprint density at radius 1 is 1.25 bits per heavy atom. The smallest absolute Gasteiger partial charge is 0.328 e. The Kier molecular flexibility index (Phi) is 7.78. The SMILES string of the molecule is CCCCCCCC(Nc1cccc(C)c1)C(=O)OC. The van der Waals surface area contributed by atoms with Gasteiger partial charge in [0, 0.05) is 5.69 Å². The summed E-state index contributed by atoms with van der Waals surface area (Å²) < 4.78 is 4.89. The van der Waals surface area contributed by atoms with Gasteiger partial charge in [-0.1, -0.05) is 51.2 Å². The van der Waals surface area contributed by atoms with Crippen LogP contribution in [0.25, 0.3) is 0 Å². The fourth-order valence-corrected chi connectivity index (χ4v) is 2.28. The Labute approximate surface area is 122 Å². The largest absolute Gasteiger partial charge is 0.467 e.